The van der Waals surface area contributed by atoms with Crippen LogP contribution < -0.4 is 0 Å². The molecule has 1 unspecified atom stereocenters. The van der Waals surface area contributed by atoms with Gasteiger partial charge in [-0.15, -0.1) is 0 Å². The molecule has 1 saturated heterocycles. The summed E-state index contributed by atoms with van der Waals surface area (Å²) in [7, 11) is 0. The Balaban J connectivity index is 0.00000225. The van der Waals surface area contributed by atoms with Crippen LogP contribution in [0, 0.1) is 0 Å². The number of hydrogen-bond donors (Lipinski definition) is 2. The molecule has 1 aliphatic rings. The number of carbonyl (C=O) groups is 1. The van der Waals surface area contributed by atoms with Crippen LogP contribution in [0.5, 0.6) is 0 Å². The lowest BCUT2D eigenvalue weighted by Crippen LogP contribution is -2.58. The van der Waals surface area contributed by atoms with E-state index in [-0.39, 0.29) is 11.9 Å². The molecule has 16 heavy (non-hydrogen) atoms. The minimum atomic E-state index is -0.774. The van der Waals surface area contributed by atoms with Crippen LogP contribution in [0.15, 0.2) is 0 Å². The van der Waals surface area contributed by atoms with Gasteiger partial charge in [0.15, 0.2) is 0 Å². The molecule has 96 valence electrons. The van der Waals surface area contributed by atoms with Gasteiger partial charge in [0.2, 0.25) is 0 Å². The van der Waals surface area contributed by atoms with Gasteiger partial charge in [-0.1, -0.05) is 0 Å². The zero-order valence-electron chi connectivity index (χ0n) is 9.63. The third-order valence-electron chi connectivity index (χ3n) is 2.87. The van der Waals surface area contributed by atoms with E-state index in [2.05, 4.69) is 0 Å². The van der Waals surface area contributed by atoms with E-state index in [1.165, 1.54) is 0 Å². The average Bonchev–Trinajstić information content (AvgIpc) is 2.15. The summed E-state index contributed by atoms with van der Waals surface area (Å²) in [6.45, 7) is 5.88. The van der Waals surface area contributed by atoms with E-state index in [9.17, 15) is 9.90 Å². The first-order valence-electron chi connectivity index (χ1n) is 5.37. The maximum Gasteiger partial charge on any atom is 0.309 e. The first-order chi connectivity index (χ1) is 7.04. The lowest BCUT2D eigenvalue weighted by molar-refractivity contribution is -0.937. The van der Waals surface area contributed by atoms with Crippen molar-refractivity contribution in [1.29, 1.82) is 0 Å². The Kier molecular flexibility index (Phi) is 6.51. The molecular weight excluding hydrogens is 214 g/mol. The Morgan fingerprint density at radius 2 is 2.00 bits per heavy atom. The summed E-state index contributed by atoms with van der Waals surface area (Å²) in [5.74, 6) is -0.774. The minimum Gasteiger partial charge on any atom is -0.870 e. The molecule has 0 aliphatic carbocycles. The zero-order valence-corrected chi connectivity index (χ0v) is 9.63. The number of rotatable bonds is 5. The summed E-state index contributed by atoms with van der Waals surface area (Å²) in [5, 5.41) is 18.1. The third-order valence-corrected chi connectivity index (χ3v) is 2.87. The molecule has 1 heterocycles. The summed E-state index contributed by atoms with van der Waals surface area (Å²) in [6.07, 6.45) is -0.232. The summed E-state index contributed by atoms with van der Waals surface area (Å²) in [5.41, 5.74) is 0. The van der Waals surface area contributed by atoms with Gasteiger partial charge in [0.25, 0.3) is 0 Å². The van der Waals surface area contributed by atoms with Gasteiger partial charge in [-0.25, -0.2) is 0 Å². The first kappa shape index (κ1) is 15.3. The quantitative estimate of drug-likeness (QED) is 0.627. The number of aliphatic carboxylic acids is 1. The zero-order chi connectivity index (χ0) is 11.3. The van der Waals surface area contributed by atoms with E-state index >= 15 is 0 Å². The van der Waals surface area contributed by atoms with Crippen molar-refractivity contribution in [2.75, 3.05) is 39.4 Å². The second-order valence-corrected chi connectivity index (χ2v) is 4.30. The number of carboxylic acid groups (broad SMARTS) is 1. The normalized spacial score (nSPS) is 20.9. The smallest absolute Gasteiger partial charge is 0.309 e. The topological polar surface area (TPSA) is 96.8 Å². The van der Waals surface area contributed by atoms with Gasteiger partial charge >= 0.3 is 5.97 Å². The van der Waals surface area contributed by atoms with Gasteiger partial charge in [-0.2, -0.15) is 0 Å². The van der Waals surface area contributed by atoms with Crippen molar-refractivity contribution in [2.24, 2.45) is 0 Å². The van der Waals surface area contributed by atoms with Crippen molar-refractivity contribution in [3.05, 3.63) is 0 Å². The number of aliphatic hydroxyl groups is 1. The highest BCUT2D eigenvalue weighted by atomic mass is 16.5. The number of hydrogen-bond acceptors (Lipinski definition) is 4. The fourth-order valence-corrected chi connectivity index (χ4v) is 2.12. The fraction of sp³-hybridized carbons (Fsp3) is 0.900. The summed E-state index contributed by atoms with van der Waals surface area (Å²) >= 11 is 0. The summed E-state index contributed by atoms with van der Waals surface area (Å²) in [4.78, 5) is 10.6. The Hall–Kier alpha value is -0.690. The van der Waals surface area contributed by atoms with Crippen LogP contribution in [0.3, 0.4) is 0 Å². The number of morpholine rings is 1. The van der Waals surface area contributed by atoms with E-state index < -0.39 is 12.1 Å². The molecule has 1 rings (SSSR count). The number of carboxylic acids is 1. The van der Waals surface area contributed by atoms with Gasteiger partial charge in [0, 0.05) is 0 Å². The van der Waals surface area contributed by atoms with Crippen LogP contribution in [0.2, 0.25) is 0 Å². The molecule has 0 aromatic rings. The highest BCUT2D eigenvalue weighted by Crippen LogP contribution is 2.13. The van der Waals surface area contributed by atoms with E-state index in [0.717, 1.165) is 13.1 Å². The molecule has 6 heteroatoms. The summed E-state index contributed by atoms with van der Waals surface area (Å²) < 4.78 is 5.94. The molecule has 0 aromatic heterocycles. The lowest BCUT2D eigenvalue weighted by atomic mass is 10.2. The predicted octanol–water partition coefficient (Wildman–Crippen LogP) is -0.488. The SMILES string of the molecule is CC(O)C[N+]1(CCC(=O)O)CCOCC1.[OH-]. The maximum absolute atomic E-state index is 10.6. The van der Waals surface area contributed by atoms with Crippen LogP contribution in [0.1, 0.15) is 13.3 Å². The molecule has 6 nitrogen and oxygen atoms in total. The van der Waals surface area contributed by atoms with Crippen molar-refractivity contribution < 1.29 is 29.7 Å². The lowest BCUT2D eigenvalue weighted by Gasteiger charge is -2.41. The molecule has 3 N–H and O–H groups in total. The highest BCUT2D eigenvalue weighted by Gasteiger charge is 2.32. The molecule has 0 saturated carbocycles. The number of quaternary nitrogens is 1. The van der Waals surface area contributed by atoms with E-state index in [4.69, 9.17) is 9.84 Å². The van der Waals surface area contributed by atoms with Crippen LogP contribution in [0.25, 0.3) is 0 Å². The van der Waals surface area contributed by atoms with Crippen molar-refractivity contribution >= 4 is 5.97 Å². The van der Waals surface area contributed by atoms with Gasteiger partial charge in [-0.3, -0.25) is 4.79 Å². The second kappa shape index (κ2) is 6.80. The molecule has 1 aliphatic heterocycles. The van der Waals surface area contributed by atoms with Crippen molar-refractivity contribution in [2.45, 2.75) is 19.4 Å². The Bertz CT molecular complexity index is 213. The predicted molar refractivity (Wildman–Crippen MR) is 56.4 cm³/mol. The van der Waals surface area contributed by atoms with Gasteiger partial charge < -0.3 is 24.9 Å². The van der Waals surface area contributed by atoms with Gasteiger partial charge in [0.1, 0.15) is 25.7 Å². The third kappa shape index (κ3) is 4.89. The van der Waals surface area contributed by atoms with E-state index in [1.54, 1.807) is 6.92 Å². The molecular formula is C10H21NO5. The minimum absolute atomic E-state index is 0. The molecule has 0 radical (unpaired) electrons. The van der Waals surface area contributed by atoms with Crippen LogP contribution in [-0.2, 0) is 9.53 Å². The number of ether oxygens (including phenoxy) is 1. The molecule has 0 spiro atoms. The Morgan fingerprint density at radius 1 is 1.44 bits per heavy atom. The largest absolute Gasteiger partial charge is 0.870 e. The Labute approximate surface area is 95.3 Å². The van der Waals surface area contributed by atoms with Crippen molar-refractivity contribution in [1.82, 2.24) is 0 Å². The van der Waals surface area contributed by atoms with Gasteiger partial charge in [0.05, 0.1) is 26.2 Å². The highest BCUT2D eigenvalue weighted by molar-refractivity contribution is 5.66. The molecule has 0 amide bonds. The Morgan fingerprint density at radius 3 is 2.44 bits per heavy atom. The van der Waals surface area contributed by atoms with E-state index in [1.807, 2.05) is 0 Å². The molecule has 1 fully saturated rings. The second-order valence-electron chi connectivity index (χ2n) is 4.30. The molecule has 0 aromatic carbocycles. The summed E-state index contributed by atoms with van der Waals surface area (Å²) in [6, 6.07) is 0. The molecule has 0 bridgehead atoms. The van der Waals surface area contributed by atoms with Crippen LogP contribution in [0.4, 0.5) is 0 Å². The standard InChI is InChI=1S/C10H19NO4.H2O/c1-9(12)8-11(3-2-10(13)14)4-6-15-7-5-11;/h9,12H,2-8H2,1H3;1H2. The fourth-order valence-electron chi connectivity index (χ4n) is 2.12. The molecule has 1 atom stereocenters. The average molecular weight is 235 g/mol. The monoisotopic (exact) mass is 235 g/mol. The van der Waals surface area contributed by atoms with E-state index in [0.29, 0.717) is 30.8 Å². The first-order valence-corrected chi connectivity index (χ1v) is 5.37. The van der Waals surface area contributed by atoms with Crippen LogP contribution in [-0.4, -0.2) is 71.6 Å². The van der Waals surface area contributed by atoms with Crippen molar-refractivity contribution in [3.63, 3.8) is 0 Å². The maximum atomic E-state index is 10.6. The van der Waals surface area contributed by atoms with Crippen molar-refractivity contribution in [3.8, 4) is 0 Å². The number of nitrogens with zero attached hydrogens (tertiary/aromatic N) is 1. The number of aliphatic hydroxyl groups excluding tert-OH is 1. The van der Waals surface area contributed by atoms with Gasteiger partial charge in [-0.05, 0) is 6.92 Å². The van der Waals surface area contributed by atoms with Crippen LogP contribution >= 0.6 is 0 Å².